The van der Waals surface area contributed by atoms with Crippen LogP contribution < -0.4 is 15.3 Å². The topological polar surface area (TPSA) is 69.2 Å². The molecule has 0 radical (unpaired) electrons. The minimum atomic E-state index is -0.417. The zero-order chi connectivity index (χ0) is 17.4. The molecule has 0 aliphatic heterocycles. The van der Waals surface area contributed by atoms with Gasteiger partial charge in [0.05, 0.1) is 0 Å². The first-order chi connectivity index (χ1) is 9.54. The van der Waals surface area contributed by atoms with Gasteiger partial charge in [-0.05, 0) is 0 Å². The summed E-state index contributed by atoms with van der Waals surface area (Å²) in [6, 6.07) is 0. The van der Waals surface area contributed by atoms with E-state index in [9.17, 15) is 15.3 Å². The molecule has 0 saturated carbocycles. The van der Waals surface area contributed by atoms with Gasteiger partial charge in [0.25, 0.3) is 0 Å². The molecule has 0 aromatic heterocycles. The molecule has 0 heterocycles. The molecule has 1 aliphatic rings. The van der Waals surface area contributed by atoms with E-state index in [1.54, 1.807) is 41.5 Å². The summed E-state index contributed by atoms with van der Waals surface area (Å²) in [7, 11) is 0. The molecule has 0 bridgehead atoms. The van der Waals surface area contributed by atoms with Gasteiger partial charge in [-0.1, -0.05) is 67.7 Å². The van der Waals surface area contributed by atoms with Crippen molar-refractivity contribution in [3.8, 4) is 0 Å². The van der Waals surface area contributed by atoms with Crippen molar-refractivity contribution in [2.45, 2.75) is 86.5 Å². The molecule has 0 aromatic rings. The Morgan fingerprint density at radius 3 is 1.41 bits per heavy atom. The normalized spacial score (nSPS) is 13.1. The molecule has 128 valence electrons. The summed E-state index contributed by atoms with van der Waals surface area (Å²) in [6.07, 6.45) is 8.68. The molecule has 1 unspecified atom stereocenters. The maximum Gasteiger partial charge on any atom is 4.00 e. The van der Waals surface area contributed by atoms with Crippen molar-refractivity contribution in [2.75, 3.05) is 0 Å². The maximum atomic E-state index is 9.53. The molecule has 22 heavy (non-hydrogen) atoms. The van der Waals surface area contributed by atoms with Crippen LogP contribution in [0.1, 0.15) is 68.2 Å². The Morgan fingerprint density at radius 1 is 0.909 bits per heavy atom. The van der Waals surface area contributed by atoms with Crippen LogP contribution in [0.5, 0.6) is 0 Å². The third kappa shape index (κ3) is 42.7. The standard InChI is InChI=1S/C9H13.3C3H7O.Hf/c1-3-8(2)9-6-4-5-7-9;3*1-3(2)4;/h4,6,8H,3,5H2,1-2H3;3*3H,1-2H3;/q4*-1;+4. The van der Waals surface area contributed by atoms with Crippen LogP contribution >= 0.6 is 0 Å². The number of hydrogen-bond donors (Lipinski definition) is 0. The molecule has 1 atom stereocenters. The van der Waals surface area contributed by atoms with Gasteiger partial charge < -0.3 is 15.3 Å². The average molecular weight is 477 g/mol. The van der Waals surface area contributed by atoms with Crippen LogP contribution in [-0.2, 0) is 25.8 Å². The van der Waals surface area contributed by atoms with Crippen LogP contribution in [0.15, 0.2) is 17.7 Å². The monoisotopic (exact) mass is 478 g/mol. The predicted molar refractivity (Wildman–Crippen MR) is 85.4 cm³/mol. The number of hydrogen-bond acceptors (Lipinski definition) is 3. The zero-order valence-electron chi connectivity index (χ0n) is 15.6. The molecule has 1 aliphatic carbocycles. The van der Waals surface area contributed by atoms with E-state index >= 15 is 0 Å². The SMILES string of the molecule is CC(C)[O-].CC(C)[O-].CC(C)[O-].CCC(C)C1=[C-]CC=C1.[Hf+4]. The second kappa shape index (κ2) is 21.2. The Hall–Kier alpha value is 0.230. The van der Waals surface area contributed by atoms with Gasteiger partial charge in [0.15, 0.2) is 0 Å². The summed E-state index contributed by atoms with van der Waals surface area (Å²) in [5.41, 5.74) is 1.40. The minimum Gasteiger partial charge on any atom is -0.852 e. The number of allylic oxidation sites excluding steroid dienone is 4. The third-order valence-corrected chi connectivity index (χ3v) is 1.86. The Bertz CT molecular complexity index is 237. The quantitative estimate of drug-likeness (QED) is 0.452. The molecule has 4 heteroatoms. The van der Waals surface area contributed by atoms with E-state index in [4.69, 9.17) is 0 Å². The Labute approximate surface area is 157 Å². The van der Waals surface area contributed by atoms with Crippen LogP contribution in [0.4, 0.5) is 0 Å². The predicted octanol–water partition coefficient (Wildman–Crippen LogP) is 1.98. The Morgan fingerprint density at radius 2 is 1.23 bits per heavy atom. The molecular weight excluding hydrogens is 443 g/mol. The summed E-state index contributed by atoms with van der Waals surface area (Å²) in [4.78, 5) is 0. The molecule has 1 rings (SSSR count). The van der Waals surface area contributed by atoms with Crippen molar-refractivity contribution in [3.63, 3.8) is 0 Å². The van der Waals surface area contributed by atoms with Crippen molar-refractivity contribution in [2.24, 2.45) is 5.92 Å². The van der Waals surface area contributed by atoms with E-state index in [1.165, 1.54) is 12.0 Å². The molecule has 0 amide bonds. The van der Waals surface area contributed by atoms with Crippen LogP contribution in [0.2, 0.25) is 0 Å². The summed E-state index contributed by atoms with van der Waals surface area (Å²) in [5, 5.41) is 28.6. The van der Waals surface area contributed by atoms with Gasteiger partial charge in [0, 0.05) is 0 Å². The molecule has 3 nitrogen and oxygen atoms in total. The van der Waals surface area contributed by atoms with E-state index in [1.807, 2.05) is 0 Å². The average Bonchev–Trinajstić information content (AvgIpc) is 2.79. The molecule has 0 aromatic carbocycles. The summed E-state index contributed by atoms with van der Waals surface area (Å²) in [5.74, 6) is 0.712. The molecule has 0 N–H and O–H groups in total. The second-order valence-electron chi connectivity index (χ2n) is 5.69. The van der Waals surface area contributed by atoms with Gasteiger partial charge in [-0.2, -0.15) is 6.08 Å². The van der Waals surface area contributed by atoms with Crippen LogP contribution in [-0.4, -0.2) is 18.3 Å². The summed E-state index contributed by atoms with van der Waals surface area (Å²) < 4.78 is 0. The Kier molecular flexibility index (Phi) is 29.1. The van der Waals surface area contributed by atoms with Gasteiger partial charge in [-0.15, -0.1) is 24.7 Å². The number of rotatable bonds is 2. The molecule has 0 saturated heterocycles. The molecule has 0 fully saturated rings. The van der Waals surface area contributed by atoms with E-state index in [0.29, 0.717) is 5.92 Å². The van der Waals surface area contributed by atoms with Crippen molar-refractivity contribution in [3.05, 3.63) is 23.8 Å². The summed E-state index contributed by atoms with van der Waals surface area (Å²) in [6.45, 7) is 14.1. The van der Waals surface area contributed by atoms with Gasteiger partial charge in [0.2, 0.25) is 0 Å². The van der Waals surface area contributed by atoms with Crippen LogP contribution in [0.3, 0.4) is 0 Å². The molecular formula is C18H34HfO3. The Balaban J connectivity index is -0.000000107. The van der Waals surface area contributed by atoms with Gasteiger partial charge in [0.1, 0.15) is 0 Å². The van der Waals surface area contributed by atoms with Crippen molar-refractivity contribution in [1.29, 1.82) is 0 Å². The van der Waals surface area contributed by atoms with Crippen molar-refractivity contribution >= 4 is 0 Å². The molecule has 0 spiro atoms. The van der Waals surface area contributed by atoms with Crippen molar-refractivity contribution in [1.82, 2.24) is 0 Å². The zero-order valence-corrected chi connectivity index (χ0v) is 19.2. The van der Waals surface area contributed by atoms with E-state index in [0.717, 1.165) is 6.42 Å². The first-order valence-corrected chi connectivity index (χ1v) is 7.79. The second-order valence-corrected chi connectivity index (χ2v) is 5.69. The third-order valence-electron chi connectivity index (χ3n) is 1.86. The van der Waals surface area contributed by atoms with E-state index < -0.39 is 18.3 Å². The first-order valence-electron chi connectivity index (χ1n) is 7.79. The summed E-state index contributed by atoms with van der Waals surface area (Å²) >= 11 is 0. The van der Waals surface area contributed by atoms with Gasteiger partial charge >= 0.3 is 25.8 Å². The van der Waals surface area contributed by atoms with Crippen LogP contribution in [0, 0.1) is 12.0 Å². The fourth-order valence-electron chi connectivity index (χ4n) is 0.980. The fourth-order valence-corrected chi connectivity index (χ4v) is 0.980. The minimum absolute atomic E-state index is 0. The smallest absolute Gasteiger partial charge is 0.852 e. The van der Waals surface area contributed by atoms with Crippen LogP contribution in [0.25, 0.3) is 0 Å². The maximum absolute atomic E-state index is 9.53. The first kappa shape index (κ1) is 30.1. The van der Waals surface area contributed by atoms with Gasteiger partial charge in [-0.25, -0.2) is 11.6 Å². The van der Waals surface area contributed by atoms with Crippen molar-refractivity contribution < 1.29 is 41.2 Å². The van der Waals surface area contributed by atoms with E-state index in [-0.39, 0.29) is 25.8 Å². The fraction of sp³-hybridized carbons (Fsp3) is 0.778. The van der Waals surface area contributed by atoms with Gasteiger partial charge in [-0.3, -0.25) is 6.08 Å². The van der Waals surface area contributed by atoms with E-state index in [2.05, 4.69) is 32.1 Å². The largest absolute Gasteiger partial charge is 4.00 e.